The molecule has 2 fully saturated rings. The third-order valence-corrected chi connectivity index (χ3v) is 7.30. The molecule has 3 unspecified atom stereocenters. The Bertz CT molecular complexity index is 626. The van der Waals surface area contributed by atoms with Gasteiger partial charge in [-0.3, -0.25) is 9.89 Å². The fraction of sp³-hybridized carbons (Fsp3) is 0.682. The van der Waals surface area contributed by atoms with E-state index >= 15 is 0 Å². The minimum absolute atomic E-state index is 0.334. The molecule has 1 aliphatic heterocycles. The summed E-state index contributed by atoms with van der Waals surface area (Å²) >= 11 is 1.86. The van der Waals surface area contributed by atoms with E-state index in [2.05, 4.69) is 59.7 Å². The molecule has 1 heterocycles. The van der Waals surface area contributed by atoms with Crippen LogP contribution < -0.4 is 10.6 Å². The summed E-state index contributed by atoms with van der Waals surface area (Å²) in [6.45, 7) is 8.61. The number of rotatable bonds is 9. The highest BCUT2D eigenvalue weighted by Crippen LogP contribution is 2.41. The summed E-state index contributed by atoms with van der Waals surface area (Å²) in [6, 6.07) is 11.2. The number of aliphatic imine (C=N–C) groups is 1. The van der Waals surface area contributed by atoms with Crippen molar-refractivity contribution in [2.24, 2.45) is 4.99 Å². The van der Waals surface area contributed by atoms with Crippen molar-refractivity contribution in [3.63, 3.8) is 0 Å². The largest absolute Gasteiger partial charge is 0.387 e. The number of benzene rings is 1. The van der Waals surface area contributed by atoms with E-state index in [0.29, 0.717) is 17.8 Å². The third kappa shape index (κ3) is 5.65. The van der Waals surface area contributed by atoms with Gasteiger partial charge in [-0.25, -0.2) is 0 Å². The van der Waals surface area contributed by atoms with Crippen LogP contribution in [0.1, 0.15) is 45.1 Å². The molecular weight excluding hydrogens is 368 g/mol. The molecule has 0 amide bonds. The van der Waals surface area contributed by atoms with Crippen molar-refractivity contribution in [2.45, 2.75) is 63.0 Å². The Morgan fingerprint density at radius 3 is 2.75 bits per heavy atom. The third-order valence-electron chi connectivity index (χ3n) is 5.89. The Hall–Kier alpha value is -1.24. The summed E-state index contributed by atoms with van der Waals surface area (Å²) in [5, 5.41) is 18.0. The van der Waals surface area contributed by atoms with E-state index in [1.807, 2.05) is 11.8 Å². The molecule has 28 heavy (non-hydrogen) atoms. The zero-order chi connectivity index (χ0) is 19.8. The van der Waals surface area contributed by atoms with E-state index < -0.39 is 5.60 Å². The maximum absolute atomic E-state index is 10.8. The second-order valence-electron chi connectivity index (χ2n) is 7.91. The first kappa shape index (κ1) is 21.5. The van der Waals surface area contributed by atoms with Gasteiger partial charge in [0, 0.05) is 30.9 Å². The summed E-state index contributed by atoms with van der Waals surface area (Å²) in [7, 11) is 0. The first-order chi connectivity index (χ1) is 13.6. The molecule has 3 N–H and O–H groups in total. The van der Waals surface area contributed by atoms with Crippen LogP contribution in [-0.2, 0) is 6.54 Å². The van der Waals surface area contributed by atoms with Crippen LogP contribution in [0.25, 0.3) is 0 Å². The number of aliphatic hydroxyl groups is 1. The van der Waals surface area contributed by atoms with Crippen molar-refractivity contribution in [1.29, 1.82) is 0 Å². The summed E-state index contributed by atoms with van der Waals surface area (Å²) in [6.07, 6.45) is 4.44. The molecule has 156 valence electrons. The van der Waals surface area contributed by atoms with Gasteiger partial charge in [-0.1, -0.05) is 37.3 Å². The molecule has 0 radical (unpaired) electrons. The molecule has 1 saturated carbocycles. The highest BCUT2D eigenvalue weighted by atomic mass is 32.2. The highest BCUT2D eigenvalue weighted by Gasteiger charge is 2.45. The minimum atomic E-state index is -0.629. The molecule has 6 heteroatoms. The monoisotopic (exact) mass is 404 g/mol. The predicted molar refractivity (Wildman–Crippen MR) is 120 cm³/mol. The number of thioether (sulfide) groups is 1. The molecular formula is C22H36N4OS. The Balaban J connectivity index is 1.52. The quantitative estimate of drug-likeness (QED) is 0.436. The van der Waals surface area contributed by atoms with Gasteiger partial charge >= 0.3 is 0 Å². The van der Waals surface area contributed by atoms with Gasteiger partial charge in [0.05, 0.1) is 12.1 Å². The fourth-order valence-electron chi connectivity index (χ4n) is 4.14. The van der Waals surface area contributed by atoms with Gasteiger partial charge in [-0.15, -0.1) is 0 Å². The number of likely N-dealkylation sites (tertiary alicyclic amines) is 1. The second kappa shape index (κ2) is 10.5. The first-order valence-corrected chi connectivity index (χ1v) is 11.8. The number of nitrogens with zero attached hydrogens (tertiary/aromatic N) is 2. The van der Waals surface area contributed by atoms with E-state index in [1.54, 1.807) is 0 Å². The Morgan fingerprint density at radius 2 is 2.07 bits per heavy atom. The van der Waals surface area contributed by atoms with E-state index in [0.717, 1.165) is 50.7 Å². The number of hydrogen-bond acceptors (Lipinski definition) is 4. The lowest BCUT2D eigenvalue weighted by molar-refractivity contribution is -0.0154. The molecule has 3 rings (SSSR count). The Labute approximate surface area is 174 Å². The highest BCUT2D eigenvalue weighted by molar-refractivity contribution is 8.00. The molecule has 0 aromatic heterocycles. The van der Waals surface area contributed by atoms with Gasteiger partial charge in [-0.05, 0) is 50.5 Å². The molecule has 1 saturated heterocycles. The second-order valence-corrected chi connectivity index (χ2v) is 9.39. The number of nitrogens with one attached hydrogen (secondary N) is 2. The van der Waals surface area contributed by atoms with Crippen LogP contribution in [0.2, 0.25) is 0 Å². The minimum Gasteiger partial charge on any atom is -0.387 e. The van der Waals surface area contributed by atoms with Crippen LogP contribution in [0.4, 0.5) is 0 Å². The van der Waals surface area contributed by atoms with Gasteiger partial charge in [0.25, 0.3) is 0 Å². The molecule has 1 aliphatic carbocycles. The normalized spacial score (nSPS) is 28.2. The van der Waals surface area contributed by atoms with Gasteiger partial charge < -0.3 is 15.7 Å². The lowest BCUT2D eigenvalue weighted by Gasteiger charge is -2.44. The lowest BCUT2D eigenvalue weighted by atomic mass is 9.79. The van der Waals surface area contributed by atoms with E-state index in [4.69, 9.17) is 4.99 Å². The van der Waals surface area contributed by atoms with Crippen molar-refractivity contribution < 1.29 is 5.11 Å². The molecule has 1 aromatic rings. The summed E-state index contributed by atoms with van der Waals surface area (Å²) in [5.74, 6) is 1.88. The smallest absolute Gasteiger partial charge is 0.191 e. The van der Waals surface area contributed by atoms with Gasteiger partial charge in [0.1, 0.15) is 0 Å². The van der Waals surface area contributed by atoms with Crippen molar-refractivity contribution >= 4 is 17.7 Å². The van der Waals surface area contributed by atoms with Crippen molar-refractivity contribution in [2.75, 3.05) is 31.9 Å². The standard InChI is InChI=1S/C22H36N4OS/c1-3-23-21(25-17-22(27)13-12-20(22)28-4-2)24-15-19-11-8-14-26(19)16-18-9-6-5-7-10-18/h5-7,9-10,19-20,27H,3-4,8,11-17H2,1-2H3,(H2,23,24,25). The van der Waals surface area contributed by atoms with Gasteiger partial charge in [-0.2, -0.15) is 11.8 Å². The van der Waals surface area contributed by atoms with Crippen molar-refractivity contribution in [3.05, 3.63) is 35.9 Å². The molecule has 3 atom stereocenters. The van der Waals surface area contributed by atoms with Crippen molar-refractivity contribution in [3.8, 4) is 0 Å². The Morgan fingerprint density at radius 1 is 1.25 bits per heavy atom. The predicted octanol–water partition coefficient (Wildman–Crippen LogP) is 2.85. The zero-order valence-corrected chi connectivity index (χ0v) is 18.2. The van der Waals surface area contributed by atoms with E-state index in [1.165, 1.54) is 18.4 Å². The SMILES string of the molecule is CCNC(=NCC1(O)CCC1SCC)NCC1CCCN1Cc1ccccc1. The summed E-state index contributed by atoms with van der Waals surface area (Å²) in [4.78, 5) is 7.29. The van der Waals surface area contributed by atoms with Crippen LogP contribution in [0, 0.1) is 0 Å². The van der Waals surface area contributed by atoms with Crippen LogP contribution in [0.5, 0.6) is 0 Å². The van der Waals surface area contributed by atoms with Crippen LogP contribution in [0.3, 0.4) is 0 Å². The van der Waals surface area contributed by atoms with E-state index in [-0.39, 0.29) is 0 Å². The zero-order valence-electron chi connectivity index (χ0n) is 17.4. The molecule has 5 nitrogen and oxygen atoms in total. The fourth-order valence-corrected chi connectivity index (χ4v) is 5.33. The first-order valence-electron chi connectivity index (χ1n) is 10.8. The lowest BCUT2D eigenvalue weighted by Crippen LogP contribution is -2.53. The maximum atomic E-state index is 10.8. The van der Waals surface area contributed by atoms with Crippen LogP contribution >= 0.6 is 11.8 Å². The molecule has 1 aromatic carbocycles. The average molecular weight is 405 g/mol. The summed E-state index contributed by atoms with van der Waals surface area (Å²) < 4.78 is 0. The number of guanidine groups is 1. The Kier molecular flexibility index (Phi) is 8.06. The van der Waals surface area contributed by atoms with Gasteiger partial charge in [0.15, 0.2) is 5.96 Å². The molecule has 0 spiro atoms. The van der Waals surface area contributed by atoms with Crippen LogP contribution in [0.15, 0.2) is 35.3 Å². The molecule has 2 aliphatic rings. The van der Waals surface area contributed by atoms with Crippen molar-refractivity contribution in [1.82, 2.24) is 15.5 Å². The number of hydrogen-bond donors (Lipinski definition) is 3. The van der Waals surface area contributed by atoms with Crippen LogP contribution in [-0.4, -0.2) is 64.8 Å². The summed E-state index contributed by atoms with van der Waals surface area (Å²) in [5.41, 5.74) is 0.747. The molecule has 0 bridgehead atoms. The topological polar surface area (TPSA) is 59.9 Å². The van der Waals surface area contributed by atoms with Gasteiger partial charge in [0.2, 0.25) is 0 Å². The van der Waals surface area contributed by atoms with E-state index in [9.17, 15) is 5.11 Å². The average Bonchev–Trinajstić information content (AvgIpc) is 3.15. The maximum Gasteiger partial charge on any atom is 0.191 e.